The molecule has 0 aliphatic heterocycles. The van der Waals surface area contributed by atoms with E-state index in [0.717, 1.165) is 32.7 Å². The molecule has 9 heteroatoms. The van der Waals surface area contributed by atoms with Crippen molar-refractivity contribution in [1.82, 2.24) is 19.7 Å². The lowest BCUT2D eigenvalue weighted by atomic mass is 10.2. The van der Waals surface area contributed by atoms with Crippen molar-refractivity contribution in [1.29, 1.82) is 0 Å². The van der Waals surface area contributed by atoms with Crippen LogP contribution in [0.25, 0.3) is 22.0 Å². The van der Waals surface area contributed by atoms with Gasteiger partial charge >= 0.3 is 0 Å². The van der Waals surface area contributed by atoms with E-state index in [1.807, 2.05) is 42.1 Å². The summed E-state index contributed by atoms with van der Waals surface area (Å²) in [6, 6.07) is 12.1. The number of thioether (sulfide) groups is 1. The van der Waals surface area contributed by atoms with Crippen LogP contribution in [0.2, 0.25) is 0 Å². The third-order valence-electron chi connectivity index (χ3n) is 4.55. The monoisotopic (exact) mass is 456 g/mol. The molecule has 0 unspecified atom stereocenters. The van der Waals surface area contributed by atoms with Crippen molar-refractivity contribution in [2.75, 3.05) is 13.7 Å². The van der Waals surface area contributed by atoms with Gasteiger partial charge < -0.3 is 14.0 Å². The predicted octanol–water partition coefficient (Wildman–Crippen LogP) is 5.44. The average Bonchev–Trinajstić information content (AvgIpc) is 3.40. The molecule has 0 spiro atoms. The molecule has 0 aliphatic carbocycles. The molecule has 0 saturated heterocycles. The molecular formula is C22H21FN4O2S2. The first kappa shape index (κ1) is 21.3. The zero-order valence-electron chi connectivity index (χ0n) is 17.3. The Bertz CT molecular complexity index is 1170. The summed E-state index contributed by atoms with van der Waals surface area (Å²) in [5.74, 6) is 2.51. The first-order chi connectivity index (χ1) is 15.1. The molecule has 0 radical (unpaired) electrons. The van der Waals surface area contributed by atoms with Gasteiger partial charge in [0.2, 0.25) is 0 Å². The Labute approximate surface area is 188 Å². The van der Waals surface area contributed by atoms with Crippen LogP contribution < -0.4 is 9.47 Å². The standard InChI is InChI=1S/C22H21FN4O2S2/c1-4-29-18-10-7-15(11-19(18)28-3)21-24-17(12-30-21)13-31-22-26-25-20(27(22)2)14-5-8-16(23)9-6-14/h5-12H,4,13H2,1-3H3. The number of halogens is 1. The van der Waals surface area contributed by atoms with E-state index in [1.165, 1.54) is 12.1 Å². The summed E-state index contributed by atoms with van der Waals surface area (Å²) in [4.78, 5) is 4.75. The lowest BCUT2D eigenvalue weighted by Crippen LogP contribution is -1.95. The molecule has 0 aliphatic rings. The lowest BCUT2D eigenvalue weighted by molar-refractivity contribution is 0.311. The van der Waals surface area contributed by atoms with E-state index in [4.69, 9.17) is 14.5 Å². The molecule has 0 atom stereocenters. The topological polar surface area (TPSA) is 62.1 Å². The first-order valence-corrected chi connectivity index (χ1v) is 11.5. The highest BCUT2D eigenvalue weighted by Gasteiger charge is 2.14. The molecule has 0 N–H and O–H groups in total. The van der Waals surface area contributed by atoms with Crippen LogP contribution in [0.3, 0.4) is 0 Å². The number of rotatable bonds is 8. The molecule has 4 aromatic rings. The maximum atomic E-state index is 13.2. The summed E-state index contributed by atoms with van der Waals surface area (Å²) in [7, 11) is 3.53. The van der Waals surface area contributed by atoms with Gasteiger partial charge in [0, 0.05) is 29.3 Å². The van der Waals surface area contributed by atoms with E-state index in [0.29, 0.717) is 23.9 Å². The maximum Gasteiger partial charge on any atom is 0.191 e. The predicted molar refractivity (Wildman–Crippen MR) is 121 cm³/mol. The summed E-state index contributed by atoms with van der Waals surface area (Å²) < 4.78 is 26.1. The summed E-state index contributed by atoms with van der Waals surface area (Å²) in [5, 5.41) is 12.3. The fourth-order valence-electron chi connectivity index (χ4n) is 3.01. The van der Waals surface area contributed by atoms with Crippen molar-refractivity contribution in [3.63, 3.8) is 0 Å². The Morgan fingerprint density at radius 3 is 2.58 bits per heavy atom. The number of hydrogen-bond acceptors (Lipinski definition) is 7. The Kier molecular flexibility index (Phi) is 6.53. The number of methoxy groups -OCH3 is 1. The van der Waals surface area contributed by atoms with E-state index >= 15 is 0 Å². The minimum Gasteiger partial charge on any atom is -0.493 e. The molecule has 31 heavy (non-hydrogen) atoms. The minimum atomic E-state index is -0.273. The summed E-state index contributed by atoms with van der Waals surface area (Å²) >= 11 is 3.14. The van der Waals surface area contributed by atoms with Gasteiger partial charge in [-0.05, 0) is 49.4 Å². The van der Waals surface area contributed by atoms with Crippen molar-refractivity contribution in [3.8, 4) is 33.5 Å². The number of ether oxygens (including phenoxy) is 2. The number of thiazole rings is 1. The second-order valence-corrected chi connectivity index (χ2v) is 8.40. The van der Waals surface area contributed by atoms with Crippen LogP contribution in [0.5, 0.6) is 11.5 Å². The van der Waals surface area contributed by atoms with E-state index in [2.05, 4.69) is 10.2 Å². The van der Waals surface area contributed by atoms with E-state index in [-0.39, 0.29) is 5.82 Å². The number of nitrogens with zero attached hydrogens (tertiary/aromatic N) is 4. The van der Waals surface area contributed by atoms with E-state index < -0.39 is 0 Å². The van der Waals surface area contributed by atoms with Gasteiger partial charge in [-0.3, -0.25) is 0 Å². The smallest absolute Gasteiger partial charge is 0.191 e. The normalized spacial score (nSPS) is 11.0. The van der Waals surface area contributed by atoms with Crippen LogP contribution in [-0.2, 0) is 12.8 Å². The van der Waals surface area contributed by atoms with Crippen LogP contribution in [-0.4, -0.2) is 33.5 Å². The van der Waals surface area contributed by atoms with Crippen LogP contribution >= 0.6 is 23.1 Å². The van der Waals surface area contributed by atoms with Gasteiger partial charge in [-0.15, -0.1) is 21.5 Å². The minimum absolute atomic E-state index is 0.273. The van der Waals surface area contributed by atoms with Crippen molar-refractivity contribution >= 4 is 23.1 Å². The summed E-state index contributed by atoms with van der Waals surface area (Å²) in [6.07, 6.45) is 0. The van der Waals surface area contributed by atoms with Crippen LogP contribution in [0.4, 0.5) is 4.39 Å². The van der Waals surface area contributed by atoms with E-state index in [1.54, 1.807) is 42.3 Å². The highest BCUT2D eigenvalue weighted by atomic mass is 32.2. The third-order valence-corrected chi connectivity index (χ3v) is 6.54. The van der Waals surface area contributed by atoms with Crippen molar-refractivity contribution in [2.45, 2.75) is 17.8 Å². The van der Waals surface area contributed by atoms with Gasteiger partial charge in [-0.1, -0.05) is 11.8 Å². The van der Waals surface area contributed by atoms with E-state index in [9.17, 15) is 4.39 Å². The van der Waals surface area contributed by atoms with Gasteiger partial charge in [0.15, 0.2) is 22.5 Å². The summed E-state index contributed by atoms with van der Waals surface area (Å²) in [6.45, 7) is 2.52. The van der Waals surface area contributed by atoms with Gasteiger partial charge in [0.05, 0.1) is 19.4 Å². The van der Waals surface area contributed by atoms with Crippen molar-refractivity contribution < 1.29 is 13.9 Å². The fourth-order valence-corrected chi connectivity index (χ4v) is 4.74. The molecule has 2 heterocycles. The van der Waals surface area contributed by atoms with Gasteiger partial charge in [0.1, 0.15) is 10.8 Å². The maximum absolute atomic E-state index is 13.2. The highest BCUT2D eigenvalue weighted by molar-refractivity contribution is 7.98. The molecule has 160 valence electrons. The molecule has 0 fully saturated rings. The highest BCUT2D eigenvalue weighted by Crippen LogP contribution is 2.34. The first-order valence-electron chi connectivity index (χ1n) is 9.62. The molecule has 2 aromatic heterocycles. The zero-order valence-corrected chi connectivity index (χ0v) is 19.0. The molecule has 4 rings (SSSR count). The van der Waals surface area contributed by atoms with Crippen LogP contribution in [0, 0.1) is 5.82 Å². The summed E-state index contributed by atoms with van der Waals surface area (Å²) in [5.41, 5.74) is 2.77. The molecule has 2 aromatic carbocycles. The Balaban J connectivity index is 1.46. The number of benzene rings is 2. The molecular weight excluding hydrogens is 435 g/mol. The van der Waals surface area contributed by atoms with Crippen molar-refractivity contribution in [2.24, 2.45) is 7.05 Å². The fraction of sp³-hybridized carbons (Fsp3) is 0.227. The second kappa shape index (κ2) is 9.49. The Hall–Kier alpha value is -2.91. The molecule has 0 amide bonds. The molecule has 0 bridgehead atoms. The number of hydrogen-bond donors (Lipinski definition) is 0. The Morgan fingerprint density at radius 2 is 1.84 bits per heavy atom. The molecule has 6 nitrogen and oxygen atoms in total. The average molecular weight is 457 g/mol. The SMILES string of the molecule is CCOc1ccc(-c2nc(CSc3nnc(-c4ccc(F)cc4)n3C)cs2)cc1OC. The van der Waals surface area contributed by atoms with Gasteiger partial charge in [-0.2, -0.15) is 0 Å². The van der Waals surface area contributed by atoms with Crippen LogP contribution in [0.15, 0.2) is 53.0 Å². The molecule has 0 saturated carbocycles. The zero-order chi connectivity index (χ0) is 21.8. The van der Waals surface area contributed by atoms with Crippen LogP contribution in [0.1, 0.15) is 12.6 Å². The quantitative estimate of drug-likeness (QED) is 0.329. The second-order valence-electron chi connectivity index (χ2n) is 6.60. The van der Waals surface area contributed by atoms with Gasteiger partial charge in [-0.25, -0.2) is 9.37 Å². The largest absolute Gasteiger partial charge is 0.493 e. The Morgan fingerprint density at radius 1 is 1.06 bits per heavy atom. The third kappa shape index (κ3) is 4.72. The number of aromatic nitrogens is 4. The lowest BCUT2D eigenvalue weighted by Gasteiger charge is -2.09. The van der Waals surface area contributed by atoms with Crippen molar-refractivity contribution in [3.05, 3.63) is 59.4 Å². The van der Waals surface area contributed by atoms with Gasteiger partial charge in [0.25, 0.3) is 0 Å².